The number of fused-ring (bicyclic) bond motifs is 4. The summed E-state index contributed by atoms with van der Waals surface area (Å²) in [5.41, 5.74) is -0.0469. The first-order valence-corrected chi connectivity index (χ1v) is 8.17. The molecule has 0 amide bonds. The van der Waals surface area contributed by atoms with E-state index < -0.39 is 6.29 Å². The number of ether oxygens (including phenoxy) is 2. The molecule has 114 valence electrons. The van der Waals surface area contributed by atoms with Gasteiger partial charge in [-0.25, -0.2) is 0 Å². The van der Waals surface area contributed by atoms with Crippen LogP contribution >= 0.6 is 0 Å². The average molecular weight is 290 g/mol. The molecule has 3 saturated carbocycles. The highest BCUT2D eigenvalue weighted by atomic mass is 16.7. The van der Waals surface area contributed by atoms with Crippen LogP contribution in [0.2, 0.25) is 0 Å². The van der Waals surface area contributed by atoms with Crippen LogP contribution < -0.4 is 0 Å². The number of hydrogen-bond donors (Lipinski definition) is 0. The number of rotatable bonds is 4. The minimum absolute atomic E-state index is 0.0469. The lowest BCUT2D eigenvalue weighted by Gasteiger charge is -2.31. The third-order valence-electron chi connectivity index (χ3n) is 5.86. The Balaban J connectivity index is 1.35. The van der Waals surface area contributed by atoms with Crippen molar-refractivity contribution >= 4 is 11.8 Å². The van der Waals surface area contributed by atoms with Crippen molar-refractivity contribution in [3.8, 4) is 0 Å². The molecule has 0 spiro atoms. The Hall–Kier alpha value is -1.16. The number of ketones is 1. The number of carbonyl (C=O) groups is 2. The van der Waals surface area contributed by atoms with E-state index in [9.17, 15) is 9.59 Å². The lowest BCUT2D eigenvalue weighted by atomic mass is 9.94. The van der Waals surface area contributed by atoms with Crippen LogP contribution in [0.1, 0.15) is 45.4 Å². The van der Waals surface area contributed by atoms with Crippen LogP contribution in [0.25, 0.3) is 0 Å². The summed E-state index contributed by atoms with van der Waals surface area (Å²) in [5.74, 6) is 0.107. The van der Waals surface area contributed by atoms with Crippen molar-refractivity contribution in [2.24, 2.45) is 23.7 Å². The molecule has 0 aromatic carbocycles. The van der Waals surface area contributed by atoms with Gasteiger partial charge in [-0.15, -0.1) is 0 Å². The minimum Gasteiger partial charge on any atom is -0.436 e. The maximum Gasteiger partial charge on any atom is 0.312 e. The van der Waals surface area contributed by atoms with E-state index >= 15 is 0 Å². The Morgan fingerprint density at radius 1 is 1.33 bits per heavy atom. The van der Waals surface area contributed by atoms with Gasteiger partial charge in [0.2, 0.25) is 6.29 Å². The van der Waals surface area contributed by atoms with Crippen molar-refractivity contribution in [1.82, 2.24) is 0 Å². The molecule has 21 heavy (non-hydrogen) atoms. The third-order valence-corrected chi connectivity index (χ3v) is 5.86. The summed E-state index contributed by atoms with van der Waals surface area (Å²) < 4.78 is 11.6. The smallest absolute Gasteiger partial charge is 0.312 e. The predicted molar refractivity (Wildman–Crippen MR) is 75.2 cm³/mol. The zero-order valence-corrected chi connectivity index (χ0v) is 12.4. The van der Waals surface area contributed by atoms with Crippen molar-refractivity contribution in [3.63, 3.8) is 0 Å². The number of allylic oxidation sites excluding steroid dienone is 2. The van der Waals surface area contributed by atoms with Crippen LogP contribution in [0.3, 0.4) is 0 Å². The van der Waals surface area contributed by atoms with Crippen molar-refractivity contribution < 1.29 is 19.1 Å². The first kappa shape index (κ1) is 13.5. The zero-order chi connectivity index (χ0) is 14.6. The van der Waals surface area contributed by atoms with Gasteiger partial charge in [0, 0.05) is 11.8 Å². The van der Waals surface area contributed by atoms with Gasteiger partial charge in [-0.2, -0.15) is 0 Å². The normalized spacial score (nSPS) is 44.5. The summed E-state index contributed by atoms with van der Waals surface area (Å²) in [5, 5.41) is 0. The van der Waals surface area contributed by atoms with Gasteiger partial charge in [0.1, 0.15) is 5.78 Å². The molecule has 4 unspecified atom stereocenters. The van der Waals surface area contributed by atoms with Crippen LogP contribution in [-0.4, -0.2) is 23.6 Å². The van der Waals surface area contributed by atoms with Gasteiger partial charge in [0.25, 0.3) is 0 Å². The average Bonchev–Trinajstić information content (AvgIpc) is 3.19. The van der Waals surface area contributed by atoms with E-state index in [0.717, 1.165) is 25.2 Å². The standard InChI is InChI=1S/C17H22O4/c1-10(21-17-6-4-11(9-17)5-7-17)20-16(19)14-8-12-2-3-13(14)15(12)18/h2-3,10-14H,4-9H2,1H3. The maximum atomic E-state index is 12.3. The zero-order valence-electron chi connectivity index (χ0n) is 12.4. The predicted octanol–water partition coefficient (Wildman–Crippen LogP) is 2.62. The molecule has 0 heterocycles. The number of Topliss-reactive ketones (excluding diaryl/α,β-unsaturated/α-hetero) is 1. The first-order valence-electron chi connectivity index (χ1n) is 8.17. The molecule has 4 bridgehead atoms. The second-order valence-corrected chi connectivity index (χ2v) is 7.21. The van der Waals surface area contributed by atoms with Gasteiger partial charge in [0.15, 0.2) is 0 Å². The minimum atomic E-state index is -0.507. The molecule has 4 atom stereocenters. The molecule has 4 nitrogen and oxygen atoms in total. The molecule has 4 heteroatoms. The van der Waals surface area contributed by atoms with E-state index in [-0.39, 0.29) is 35.1 Å². The SMILES string of the molecule is CC(OC(=O)C1CC2C=CC1C2=O)OC12CCC(CC1)C2. The molecule has 4 rings (SSSR count). The monoisotopic (exact) mass is 290 g/mol. The Morgan fingerprint density at radius 3 is 2.62 bits per heavy atom. The molecule has 3 fully saturated rings. The fourth-order valence-electron chi connectivity index (χ4n) is 4.81. The molecule has 0 aromatic heterocycles. The summed E-state index contributed by atoms with van der Waals surface area (Å²) in [6.45, 7) is 1.81. The summed E-state index contributed by atoms with van der Waals surface area (Å²) in [6, 6.07) is 0. The lowest BCUT2D eigenvalue weighted by molar-refractivity contribution is -0.209. The maximum absolute atomic E-state index is 12.3. The van der Waals surface area contributed by atoms with Crippen molar-refractivity contribution in [3.05, 3.63) is 12.2 Å². The summed E-state index contributed by atoms with van der Waals surface area (Å²) in [4.78, 5) is 24.1. The fourth-order valence-corrected chi connectivity index (χ4v) is 4.81. The molecular weight excluding hydrogens is 268 g/mol. The van der Waals surface area contributed by atoms with Crippen LogP contribution in [0.15, 0.2) is 12.2 Å². The Morgan fingerprint density at radius 2 is 2.10 bits per heavy atom. The van der Waals surface area contributed by atoms with Gasteiger partial charge in [-0.05, 0) is 51.4 Å². The van der Waals surface area contributed by atoms with E-state index in [1.54, 1.807) is 0 Å². The third kappa shape index (κ3) is 2.15. The molecule has 0 saturated heterocycles. The van der Waals surface area contributed by atoms with E-state index in [4.69, 9.17) is 9.47 Å². The number of esters is 1. The summed E-state index contributed by atoms with van der Waals surface area (Å²) in [7, 11) is 0. The van der Waals surface area contributed by atoms with E-state index in [1.807, 2.05) is 19.1 Å². The summed E-state index contributed by atoms with van der Waals surface area (Å²) in [6.07, 6.45) is 9.68. The molecular formula is C17H22O4. The van der Waals surface area contributed by atoms with Gasteiger partial charge < -0.3 is 9.47 Å². The van der Waals surface area contributed by atoms with Gasteiger partial charge in [0.05, 0.1) is 11.5 Å². The van der Waals surface area contributed by atoms with Crippen molar-refractivity contribution in [2.45, 2.75) is 57.3 Å². The fraction of sp³-hybridized carbons (Fsp3) is 0.765. The lowest BCUT2D eigenvalue weighted by Crippen LogP contribution is -2.35. The van der Waals surface area contributed by atoms with E-state index in [0.29, 0.717) is 6.42 Å². The topological polar surface area (TPSA) is 52.6 Å². The van der Waals surface area contributed by atoms with Gasteiger partial charge in [-0.3, -0.25) is 9.59 Å². The molecule has 4 aliphatic carbocycles. The first-order chi connectivity index (χ1) is 10.1. The van der Waals surface area contributed by atoms with Crippen LogP contribution in [0.5, 0.6) is 0 Å². The second-order valence-electron chi connectivity index (χ2n) is 7.21. The van der Waals surface area contributed by atoms with Gasteiger partial charge in [-0.1, -0.05) is 12.2 Å². The quantitative estimate of drug-likeness (QED) is 0.454. The van der Waals surface area contributed by atoms with E-state index in [2.05, 4.69) is 0 Å². The van der Waals surface area contributed by atoms with E-state index in [1.165, 1.54) is 12.8 Å². The molecule has 0 N–H and O–H groups in total. The van der Waals surface area contributed by atoms with Crippen molar-refractivity contribution in [2.75, 3.05) is 0 Å². The highest BCUT2D eigenvalue weighted by molar-refractivity contribution is 5.96. The Kier molecular flexibility index (Phi) is 3.00. The highest BCUT2D eigenvalue weighted by Crippen LogP contribution is 2.50. The molecule has 0 aromatic rings. The molecule has 0 radical (unpaired) electrons. The Labute approximate surface area is 124 Å². The number of hydrogen-bond acceptors (Lipinski definition) is 4. The van der Waals surface area contributed by atoms with Crippen molar-refractivity contribution in [1.29, 1.82) is 0 Å². The number of carbonyl (C=O) groups excluding carboxylic acids is 2. The Bertz CT molecular complexity index is 501. The second kappa shape index (κ2) is 4.67. The van der Waals surface area contributed by atoms with Gasteiger partial charge >= 0.3 is 5.97 Å². The highest BCUT2D eigenvalue weighted by Gasteiger charge is 2.49. The van der Waals surface area contributed by atoms with Crippen LogP contribution in [0.4, 0.5) is 0 Å². The summed E-state index contributed by atoms with van der Waals surface area (Å²) >= 11 is 0. The van der Waals surface area contributed by atoms with Crippen LogP contribution in [-0.2, 0) is 19.1 Å². The molecule has 4 aliphatic rings. The molecule has 0 aliphatic heterocycles. The van der Waals surface area contributed by atoms with Crippen LogP contribution in [0, 0.1) is 23.7 Å². The largest absolute Gasteiger partial charge is 0.436 e.